The molecular weight excluding hydrogens is 304 g/mol. The number of aromatic nitrogens is 1. The zero-order chi connectivity index (χ0) is 17.6. The van der Waals surface area contributed by atoms with E-state index in [-0.39, 0.29) is 0 Å². The molecule has 2 rings (SSSR count). The minimum Gasteiger partial charge on any atom is -0.473 e. The number of hydrogen-bond donors (Lipinski definition) is 1. The molecule has 0 radical (unpaired) electrons. The molecular formula is C19H24N2O3. The van der Waals surface area contributed by atoms with Crippen LogP contribution in [0.4, 0.5) is 4.79 Å². The van der Waals surface area contributed by atoms with Crippen LogP contribution in [0.15, 0.2) is 42.6 Å². The van der Waals surface area contributed by atoms with E-state index in [2.05, 4.69) is 10.3 Å². The molecule has 0 bridgehead atoms. The van der Waals surface area contributed by atoms with Gasteiger partial charge in [0.05, 0.1) is 0 Å². The van der Waals surface area contributed by atoms with Crippen molar-refractivity contribution in [3.8, 4) is 5.88 Å². The van der Waals surface area contributed by atoms with Crippen molar-refractivity contribution in [2.75, 3.05) is 0 Å². The largest absolute Gasteiger partial charge is 0.473 e. The van der Waals surface area contributed by atoms with Crippen LogP contribution in [0.5, 0.6) is 5.88 Å². The SMILES string of the molecule is Cc1cc(OCc2ccccc2)ncc1CNC(=O)OC(C)(C)C. The summed E-state index contributed by atoms with van der Waals surface area (Å²) in [7, 11) is 0. The maximum Gasteiger partial charge on any atom is 0.407 e. The molecule has 0 fully saturated rings. The van der Waals surface area contributed by atoms with E-state index < -0.39 is 11.7 Å². The highest BCUT2D eigenvalue weighted by Gasteiger charge is 2.16. The molecule has 0 saturated heterocycles. The van der Waals surface area contributed by atoms with Crippen molar-refractivity contribution in [1.82, 2.24) is 10.3 Å². The molecule has 0 atom stereocenters. The minimum atomic E-state index is -0.507. The van der Waals surface area contributed by atoms with Crippen LogP contribution in [0.2, 0.25) is 0 Å². The number of alkyl carbamates (subject to hydrolysis) is 1. The van der Waals surface area contributed by atoms with E-state index >= 15 is 0 Å². The van der Waals surface area contributed by atoms with Crippen molar-refractivity contribution in [2.24, 2.45) is 0 Å². The highest BCUT2D eigenvalue weighted by molar-refractivity contribution is 5.67. The zero-order valence-electron chi connectivity index (χ0n) is 14.6. The smallest absolute Gasteiger partial charge is 0.407 e. The lowest BCUT2D eigenvalue weighted by Crippen LogP contribution is -2.32. The fourth-order valence-corrected chi connectivity index (χ4v) is 2.04. The minimum absolute atomic E-state index is 0.368. The summed E-state index contributed by atoms with van der Waals surface area (Å²) in [6.07, 6.45) is 1.28. The van der Waals surface area contributed by atoms with Crippen LogP contribution in [0.1, 0.15) is 37.5 Å². The van der Waals surface area contributed by atoms with Crippen LogP contribution in [0.25, 0.3) is 0 Å². The van der Waals surface area contributed by atoms with Gasteiger partial charge in [0.25, 0.3) is 0 Å². The molecule has 1 heterocycles. The van der Waals surface area contributed by atoms with E-state index in [0.29, 0.717) is 19.0 Å². The van der Waals surface area contributed by atoms with E-state index in [1.165, 1.54) is 0 Å². The number of rotatable bonds is 5. The molecule has 0 saturated carbocycles. The van der Waals surface area contributed by atoms with Gasteiger partial charge in [-0.15, -0.1) is 0 Å². The molecule has 1 aromatic carbocycles. The van der Waals surface area contributed by atoms with E-state index in [4.69, 9.17) is 9.47 Å². The lowest BCUT2D eigenvalue weighted by molar-refractivity contribution is 0.0523. The van der Waals surface area contributed by atoms with Crippen molar-refractivity contribution >= 4 is 6.09 Å². The number of amides is 1. The molecule has 0 spiro atoms. The van der Waals surface area contributed by atoms with E-state index in [9.17, 15) is 4.79 Å². The molecule has 0 unspecified atom stereocenters. The third-order valence-corrected chi connectivity index (χ3v) is 3.25. The van der Waals surface area contributed by atoms with Gasteiger partial charge in [-0.05, 0) is 44.4 Å². The van der Waals surface area contributed by atoms with Crippen LogP contribution in [0, 0.1) is 6.92 Å². The maximum atomic E-state index is 11.7. The number of carbonyl (C=O) groups is 1. The van der Waals surface area contributed by atoms with Gasteiger partial charge in [0.2, 0.25) is 5.88 Å². The summed E-state index contributed by atoms with van der Waals surface area (Å²) >= 11 is 0. The Hall–Kier alpha value is -2.56. The highest BCUT2D eigenvalue weighted by atomic mass is 16.6. The Labute approximate surface area is 143 Å². The second kappa shape index (κ2) is 7.81. The fourth-order valence-electron chi connectivity index (χ4n) is 2.04. The molecule has 0 aliphatic rings. The standard InChI is InChI=1S/C19H24N2O3/c1-14-10-17(23-13-15-8-6-5-7-9-15)20-11-16(14)12-21-18(22)24-19(2,3)4/h5-11H,12-13H2,1-4H3,(H,21,22). The molecule has 0 aliphatic carbocycles. The summed E-state index contributed by atoms with van der Waals surface area (Å²) in [6.45, 7) is 8.30. The van der Waals surface area contributed by atoms with Crippen molar-refractivity contribution in [3.63, 3.8) is 0 Å². The Kier molecular flexibility index (Phi) is 5.79. The van der Waals surface area contributed by atoms with Crippen molar-refractivity contribution in [2.45, 2.75) is 46.4 Å². The average molecular weight is 328 g/mol. The second-order valence-electron chi connectivity index (χ2n) is 6.58. The lowest BCUT2D eigenvalue weighted by Gasteiger charge is -2.19. The van der Waals surface area contributed by atoms with Gasteiger partial charge in [-0.3, -0.25) is 0 Å². The number of pyridine rings is 1. The lowest BCUT2D eigenvalue weighted by atomic mass is 10.1. The summed E-state index contributed by atoms with van der Waals surface area (Å²) < 4.78 is 10.9. The summed E-state index contributed by atoms with van der Waals surface area (Å²) in [6, 6.07) is 11.8. The Morgan fingerprint density at radius 3 is 2.54 bits per heavy atom. The van der Waals surface area contributed by atoms with Crippen LogP contribution < -0.4 is 10.1 Å². The van der Waals surface area contributed by atoms with Gasteiger partial charge >= 0.3 is 6.09 Å². The summed E-state index contributed by atoms with van der Waals surface area (Å²) in [4.78, 5) is 16.0. The zero-order valence-corrected chi connectivity index (χ0v) is 14.6. The monoisotopic (exact) mass is 328 g/mol. The quantitative estimate of drug-likeness (QED) is 0.901. The third kappa shape index (κ3) is 5.91. The van der Waals surface area contributed by atoms with Crippen LogP contribution >= 0.6 is 0 Å². The fraction of sp³-hybridized carbons (Fsp3) is 0.368. The molecule has 5 heteroatoms. The molecule has 0 aliphatic heterocycles. The van der Waals surface area contributed by atoms with Gasteiger partial charge in [-0.1, -0.05) is 30.3 Å². The molecule has 1 aromatic heterocycles. The number of benzene rings is 1. The number of ether oxygens (including phenoxy) is 2. The summed E-state index contributed by atoms with van der Waals surface area (Å²) in [5, 5.41) is 2.73. The maximum absolute atomic E-state index is 11.7. The first-order valence-electron chi connectivity index (χ1n) is 7.92. The number of nitrogens with one attached hydrogen (secondary N) is 1. The van der Waals surface area contributed by atoms with Crippen molar-refractivity contribution in [1.29, 1.82) is 0 Å². The Morgan fingerprint density at radius 2 is 1.92 bits per heavy atom. The van der Waals surface area contributed by atoms with E-state index in [1.807, 2.05) is 64.1 Å². The van der Waals surface area contributed by atoms with Gasteiger partial charge in [0.15, 0.2) is 0 Å². The van der Waals surface area contributed by atoms with E-state index in [0.717, 1.165) is 16.7 Å². The van der Waals surface area contributed by atoms with Crippen molar-refractivity contribution in [3.05, 3.63) is 59.3 Å². The first-order chi connectivity index (χ1) is 11.3. The molecule has 5 nitrogen and oxygen atoms in total. The molecule has 2 aromatic rings. The molecule has 128 valence electrons. The molecule has 24 heavy (non-hydrogen) atoms. The van der Waals surface area contributed by atoms with Crippen LogP contribution in [-0.4, -0.2) is 16.7 Å². The predicted molar refractivity (Wildman–Crippen MR) is 92.8 cm³/mol. The number of nitrogens with zero attached hydrogens (tertiary/aromatic N) is 1. The first kappa shape index (κ1) is 17.8. The molecule has 1 amide bonds. The Bertz CT molecular complexity index is 679. The third-order valence-electron chi connectivity index (χ3n) is 3.25. The Balaban J connectivity index is 1.89. The number of carbonyl (C=O) groups excluding carboxylic acids is 1. The number of hydrogen-bond acceptors (Lipinski definition) is 4. The summed E-state index contributed by atoms with van der Waals surface area (Å²) in [5.74, 6) is 0.567. The first-order valence-corrected chi connectivity index (χ1v) is 7.92. The van der Waals surface area contributed by atoms with Gasteiger partial charge in [-0.25, -0.2) is 9.78 Å². The average Bonchev–Trinajstić information content (AvgIpc) is 2.51. The normalized spacial score (nSPS) is 11.0. The van der Waals surface area contributed by atoms with Crippen LogP contribution in [-0.2, 0) is 17.9 Å². The van der Waals surface area contributed by atoms with Gasteiger partial charge in [0, 0.05) is 18.8 Å². The van der Waals surface area contributed by atoms with E-state index in [1.54, 1.807) is 6.20 Å². The van der Waals surface area contributed by atoms with Crippen LogP contribution in [0.3, 0.4) is 0 Å². The second-order valence-corrected chi connectivity index (χ2v) is 6.58. The topological polar surface area (TPSA) is 60.5 Å². The molecule has 1 N–H and O–H groups in total. The Morgan fingerprint density at radius 1 is 1.21 bits per heavy atom. The highest BCUT2D eigenvalue weighted by Crippen LogP contribution is 2.15. The summed E-state index contributed by atoms with van der Waals surface area (Å²) in [5.41, 5.74) is 2.51. The van der Waals surface area contributed by atoms with Gasteiger partial charge in [0.1, 0.15) is 12.2 Å². The van der Waals surface area contributed by atoms with Crippen molar-refractivity contribution < 1.29 is 14.3 Å². The predicted octanol–water partition coefficient (Wildman–Crippen LogP) is 3.99. The van der Waals surface area contributed by atoms with Gasteiger partial charge in [-0.2, -0.15) is 0 Å². The van der Waals surface area contributed by atoms with Gasteiger partial charge < -0.3 is 14.8 Å². The number of aryl methyl sites for hydroxylation is 1.